The molecule has 1 N–H and O–H groups in total. The molecule has 0 radical (unpaired) electrons. The van der Waals surface area contributed by atoms with Gasteiger partial charge in [0.25, 0.3) is 0 Å². The summed E-state index contributed by atoms with van der Waals surface area (Å²) in [5.74, 6) is 0. The van der Waals surface area contributed by atoms with Crippen LogP contribution in [0.3, 0.4) is 0 Å². The predicted octanol–water partition coefficient (Wildman–Crippen LogP) is 4.13. The molecule has 0 rings (SSSR count). The molecule has 0 fully saturated rings. The maximum absolute atomic E-state index is 7.31. The van der Waals surface area contributed by atoms with Crippen molar-refractivity contribution in [2.45, 2.75) is 34.1 Å². The molecule has 0 aromatic rings. The van der Waals surface area contributed by atoms with Crippen LogP contribution in [0.5, 0.6) is 0 Å². The maximum Gasteiger partial charge on any atom is 0.0357 e. The molecule has 0 aromatic carbocycles. The Morgan fingerprint density at radius 2 is 1.69 bits per heavy atom. The van der Waals surface area contributed by atoms with Gasteiger partial charge in [0.2, 0.25) is 0 Å². The highest BCUT2D eigenvalue weighted by molar-refractivity contribution is 5.99. The van der Waals surface area contributed by atoms with Gasteiger partial charge in [0.1, 0.15) is 0 Å². The van der Waals surface area contributed by atoms with Crippen molar-refractivity contribution in [2.24, 2.45) is 0 Å². The maximum atomic E-state index is 7.31. The van der Waals surface area contributed by atoms with E-state index in [1.807, 2.05) is 6.92 Å². The molecule has 13 heavy (non-hydrogen) atoms. The van der Waals surface area contributed by atoms with Gasteiger partial charge in [-0.05, 0) is 25.0 Å². The van der Waals surface area contributed by atoms with Crippen LogP contribution in [0.25, 0.3) is 0 Å². The van der Waals surface area contributed by atoms with E-state index < -0.39 is 0 Å². The van der Waals surface area contributed by atoms with E-state index in [4.69, 9.17) is 5.41 Å². The first-order valence-electron chi connectivity index (χ1n) is 4.55. The number of allylic oxidation sites excluding steroid dienone is 4. The van der Waals surface area contributed by atoms with Crippen molar-refractivity contribution in [2.75, 3.05) is 0 Å². The van der Waals surface area contributed by atoms with Gasteiger partial charge in [0.05, 0.1) is 0 Å². The summed E-state index contributed by atoms with van der Waals surface area (Å²) in [7, 11) is 0. The second kappa shape index (κ2) is 8.98. The highest BCUT2D eigenvalue weighted by atomic mass is 14.4. The van der Waals surface area contributed by atoms with Crippen molar-refractivity contribution < 1.29 is 0 Å². The Labute approximate surface area is 82.4 Å². The number of rotatable bonds is 3. The summed E-state index contributed by atoms with van der Waals surface area (Å²) < 4.78 is 0. The van der Waals surface area contributed by atoms with Crippen molar-refractivity contribution in [3.8, 4) is 0 Å². The zero-order valence-corrected chi connectivity index (χ0v) is 9.28. The molecule has 0 aliphatic heterocycles. The molecule has 0 atom stereocenters. The number of hydrogen-bond acceptors (Lipinski definition) is 1. The van der Waals surface area contributed by atoms with E-state index in [1.165, 1.54) is 6.42 Å². The summed E-state index contributed by atoms with van der Waals surface area (Å²) in [4.78, 5) is 0. The van der Waals surface area contributed by atoms with Gasteiger partial charge in [0, 0.05) is 5.71 Å². The van der Waals surface area contributed by atoms with Crippen LogP contribution in [0.4, 0.5) is 0 Å². The molecule has 0 aromatic heterocycles. The largest absolute Gasteiger partial charge is 0.305 e. The van der Waals surface area contributed by atoms with Crippen molar-refractivity contribution in [1.29, 1.82) is 5.41 Å². The fourth-order valence-electron chi connectivity index (χ4n) is 0.705. The second-order valence-electron chi connectivity index (χ2n) is 2.93. The van der Waals surface area contributed by atoms with E-state index in [1.54, 1.807) is 19.1 Å². The zero-order chi connectivity index (χ0) is 10.9. The molecule has 1 nitrogen and oxygen atoms in total. The molecule has 1 heteroatoms. The Hall–Kier alpha value is -1.11. The van der Waals surface area contributed by atoms with E-state index >= 15 is 0 Å². The lowest BCUT2D eigenvalue weighted by Gasteiger charge is -2.01. The Kier molecular flexibility index (Phi) is 9.96. The molecule has 0 saturated heterocycles. The van der Waals surface area contributed by atoms with E-state index in [-0.39, 0.29) is 0 Å². The zero-order valence-electron chi connectivity index (χ0n) is 9.28. The van der Waals surface area contributed by atoms with Gasteiger partial charge in [-0.1, -0.05) is 45.6 Å². The lowest BCUT2D eigenvalue weighted by atomic mass is 10.1. The first-order chi connectivity index (χ1) is 6.01. The van der Waals surface area contributed by atoms with Crippen molar-refractivity contribution in [3.63, 3.8) is 0 Å². The second-order valence-corrected chi connectivity index (χ2v) is 2.93. The van der Waals surface area contributed by atoms with Crippen LogP contribution in [0.15, 0.2) is 36.5 Å². The Balaban J connectivity index is 0. The molecule has 0 unspecified atom stereocenters. The Morgan fingerprint density at radius 1 is 1.31 bits per heavy atom. The lowest BCUT2D eigenvalue weighted by molar-refractivity contribution is 1.09. The standard InChI is InChI=1S/C9H13N.C3H8/c1-5-6-9(7(2)3)8(4)10;1-3-2/h5-6,10H,1-2H2,3-4H3;3H2,1-2H3/b9-6+,10-8?;. The highest BCUT2D eigenvalue weighted by Gasteiger charge is 1.97. The quantitative estimate of drug-likeness (QED) is 0.497. The van der Waals surface area contributed by atoms with E-state index in [9.17, 15) is 0 Å². The van der Waals surface area contributed by atoms with Gasteiger partial charge in [-0.3, -0.25) is 0 Å². The van der Waals surface area contributed by atoms with E-state index in [0.29, 0.717) is 5.71 Å². The minimum absolute atomic E-state index is 0.535. The normalized spacial score (nSPS) is 9.69. The van der Waals surface area contributed by atoms with Crippen LogP contribution in [-0.4, -0.2) is 5.71 Å². The van der Waals surface area contributed by atoms with Crippen LogP contribution >= 0.6 is 0 Å². The SMILES string of the molecule is C=C/C=C(\C(=C)C)C(C)=N.CCC. The van der Waals surface area contributed by atoms with Crippen molar-refractivity contribution >= 4 is 5.71 Å². The molecule has 0 amide bonds. The molecule has 0 heterocycles. The molecular weight excluding hydrogens is 158 g/mol. The Bertz CT molecular complexity index is 193. The molecule has 0 saturated carbocycles. The van der Waals surface area contributed by atoms with Gasteiger partial charge in [0.15, 0.2) is 0 Å². The third-order valence-electron chi connectivity index (χ3n) is 1.15. The Morgan fingerprint density at radius 3 is 1.77 bits per heavy atom. The monoisotopic (exact) mass is 179 g/mol. The van der Waals surface area contributed by atoms with Gasteiger partial charge < -0.3 is 5.41 Å². The van der Waals surface area contributed by atoms with E-state index in [2.05, 4.69) is 27.0 Å². The summed E-state index contributed by atoms with van der Waals surface area (Å²) >= 11 is 0. The topological polar surface area (TPSA) is 23.9 Å². The molecular formula is C12H21N. The molecule has 0 bridgehead atoms. The lowest BCUT2D eigenvalue weighted by Crippen LogP contribution is -1.95. The number of hydrogen-bond donors (Lipinski definition) is 1. The molecule has 74 valence electrons. The van der Waals surface area contributed by atoms with Gasteiger partial charge in [-0.15, -0.1) is 0 Å². The van der Waals surface area contributed by atoms with Crippen LogP contribution in [0.2, 0.25) is 0 Å². The average Bonchev–Trinajstić information content (AvgIpc) is 2.00. The van der Waals surface area contributed by atoms with Gasteiger partial charge >= 0.3 is 0 Å². The summed E-state index contributed by atoms with van der Waals surface area (Å²) in [5.41, 5.74) is 2.31. The van der Waals surface area contributed by atoms with Gasteiger partial charge in [-0.25, -0.2) is 0 Å². The molecule has 0 aliphatic carbocycles. The van der Waals surface area contributed by atoms with Crippen molar-refractivity contribution in [1.82, 2.24) is 0 Å². The highest BCUT2D eigenvalue weighted by Crippen LogP contribution is 2.07. The third kappa shape index (κ3) is 8.80. The van der Waals surface area contributed by atoms with Gasteiger partial charge in [-0.2, -0.15) is 0 Å². The fourth-order valence-corrected chi connectivity index (χ4v) is 0.705. The minimum atomic E-state index is 0.535. The first kappa shape index (κ1) is 14.4. The summed E-state index contributed by atoms with van der Waals surface area (Å²) in [5, 5.41) is 7.31. The predicted molar refractivity (Wildman–Crippen MR) is 62.5 cm³/mol. The van der Waals surface area contributed by atoms with Crippen molar-refractivity contribution in [3.05, 3.63) is 36.5 Å². The third-order valence-corrected chi connectivity index (χ3v) is 1.15. The van der Waals surface area contributed by atoms with Crippen LogP contribution in [0, 0.1) is 5.41 Å². The first-order valence-corrected chi connectivity index (χ1v) is 4.55. The smallest absolute Gasteiger partial charge is 0.0357 e. The molecule has 0 spiro atoms. The van der Waals surface area contributed by atoms with E-state index in [0.717, 1.165) is 11.1 Å². The summed E-state index contributed by atoms with van der Waals surface area (Å²) in [6, 6.07) is 0. The van der Waals surface area contributed by atoms with Crippen LogP contribution < -0.4 is 0 Å². The summed E-state index contributed by atoms with van der Waals surface area (Å²) in [6.45, 7) is 15.2. The number of nitrogens with one attached hydrogen (secondary N) is 1. The molecule has 0 aliphatic rings. The van der Waals surface area contributed by atoms with Crippen LogP contribution in [-0.2, 0) is 0 Å². The minimum Gasteiger partial charge on any atom is -0.305 e. The fraction of sp³-hybridized carbons (Fsp3) is 0.417. The average molecular weight is 179 g/mol. The summed E-state index contributed by atoms with van der Waals surface area (Å²) in [6.07, 6.45) is 4.72. The van der Waals surface area contributed by atoms with Crippen LogP contribution in [0.1, 0.15) is 34.1 Å².